The lowest BCUT2D eigenvalue weighted by Crippen LogP contribution is -2.34. The van der Waals surface area contributed by atoms with Gasteiger partial charge in [0.2, 0.25) is 0 Å². The van der Waals surface area contributed by atoms with Gasteiger partial charge in [-0.25, -0.2) is 4.39 Å². The number of carbonyl (C=O) groups excluding carboxylic acids is 1. The van der Waals surface area contributed by atoms with Crippen LogP contribution in [0.1, 0.15) is 24.4 Å². The van der Waals surface area contributed by atoms with Crippen LogP contribution < -0.4 is 14.2 Å². The van der Waals surface area contributed by atoms with Gasteiger partial charge in [-0.05, 0) is 65.2 Å². The maximum Gasteiger partial charge on any atom is 0.261 e. The van der Waals surface area contributed by atoms with E-state index in [9.17, 15) is 9.18 Å². The number of methoxy groups -OCH3 is 2. The highest BCUT2D eigenvalue weighted by molar-refractivity contribution is 9.10. The zero-order valence-electron chi connectivity index (χ0n) is 15.2. The minimum absolute atomic E-state index is 0.0946. The summed E-state index contributed by atoms with van der Waals surface area (Å²) in [4.78, 5) is 14.6. The van der Waals surface area contributed by atoms with Crippen LogP contribution in [-0.4, -0.2) is 38.2 Å². The lowest BCUT2D eigenvalue weighted by molar-refractivity contribution is -0.134. The average Bonchev–Trinajstić information content (AvgIpc) is 3.16. The molecular weight excluding hydrogens is 417 g/mol. The van der Waals surface area contributed by atoms with Crippen LogP contribution in [0.15, 0.2) is 40.9 Å². The SMILES string of the molecule is COc1ccc(OC)c(C2CCCN2C(=O)COc2ccc(F)cc2Br)c1. The molecule has 0 aromatic heterocycles. The summed E-state index contributed by atoms with van der Waals surface area (Å²) in [7, 11) is 3.22. The molecule has 0 radical (unpaired) electrons. The quantitative estimate of drug-likeness (QED) is 0.673. The molecule has 1 amide bonds. The van der Waals surface area contributed by atoms with Gasteiger partial charge in [-0.3, -0.25) is 4.79 Å². The Labute approximate surface area is 166 Å². The summed E-state index contributed by atoms with van der Waals surface area (Å²) < 4.78 is 30.0. The molecule has 1 fully saturated rings. The van der Waals surface area contributed by atoms with Gasteiger partial charge in [0.1, 0.15) is 23.1 Å². The second kappa shape index (κ2) is 8.61. The molecule has 1 atom stereocenters. The van der Waals surface area contributed by atoms with E-state index in [1.54, 1.807) is 19.1 Å². The van der Waals surface area contributed by atoms with Crippen LogP contribution in [0.25, 0.3) is 0 Å². The van der Waals surface area contributed by atoms with Crippen molar-refractivity contribution in [1.29, 1.82) is 0 Å². The summed E-state index contributed by atoms with van der Waals surface area (Å²) in [6, 6.07) is 9.60. The minimum Gasteiger partial charge on any atom is -0.497 e. The number of nitrogens with zero attached hydrogens (tertiary/aromatic N) is 1. The maximum absolute atomic E-state index is 13.2. The van der Waals surface area contributed by atoms with E-state index in [0.717, 1.165) is 29.9 Å². The molecule has 0 bridgehead atoms. The largest absolute Gasteiger partial charge is 0.497 e. The first-order chi connectivity index (χ1) is 13.0. The molecule has 1 heterocycles. The highest BCUT2D eigenvalue weighted by atomic mass is 79.9. The summed E-state index contributed by atoms with van der Waals surface area (Å²) >= 11 is 3.24. The number of benzene rings is 2. The standard InChI is InChI=1S/C20H21BrFNO4/c1-25-14-6-8-18(26-2)15(11-14)17-4-3-9-23(17)20(24)12-27-19-7-5-13(22)10-16(19)21/h5-8,10-11,17H,3-4,9,12H2,1-2H3. The molecule has 144 valence electrons. The third-order valence-corrected chi connectivity index (χ3v) is 5.23. The van der Waals surface area contributed by atoms with Crippen LogP contribution in [0.5, 0.6) is 17.2 Å². The topological polar surface area (TPSA) is 48.0 Å². The number of amides is 1. The Hall–Kier alpha value is -2.28. The van der Waals surface area contributed by atoms with Crippen molar-refractivity contribution >= 4 is 21.8 Å². The smallest absolute Gasteiger partial charge is 0.261 e. The van der Waals surface area contributed by atoms with Gasteiger partial charge >= 0.3 is 0 Å². The number of likely N-dealkylation sites (tertiary alicyclic amines) is 1. The Morgan fingerprint density at radius 1 is 1.19 bits per heavy atom. The normalized spacial score (nSPS) is 16.3. The highest BCUT2D eigenvalue weighted by Crippen LogP contribution is 2.39. The van der Waals surface area contributed by atoms with Crippen LogP contribution in [0.3, 0.4) is 0 Å². The zero-order valence-corrected chi connectivity index (χ0v) is 16.8. The molecule has 7 heteroatoms. The number of rotatable bonds is 6. The Kier molecular flexibility index (Phi) is 6.21. The Morgan fingerprint density at radius 3 is 2.67 bits per heavy atom. The lowest BCUT2D eigenvalue weighted by Gasteiger charge is -2.26. The molecule has 2 aromatic carbocycles. The van der Waals surface area contributed by atoms with Crippen molar-refractivity contribution in [2.75, 3.05) is 27.4 Å². The van der Waals surface area contributed by atoms with Crippen molar-refractivity contribution in [2.45, 2.75) is 18.9 Å². The van der Waals surface area contributed by atoms with E-state index in [1.165, 1.54) is 18.2 Å². The van der Waals surface area contributed by atoms with Gasteiger partial charge in [-0.1, -0.05) is 0 Å². The van der Waals surface area contributed by atoms with Gasteiger partial charge in [0, 0.05) is 12.1 Å². The molecule has 0 spiro atoms. The first-order valence-electron chi connectivity index (χ1n) is 8.62. The first-order valence-corrected chi connectivity index (χ1v) is 9.42. The third kappa shape index (κ3) is 4.35. The molecule has 1 unspecified atom stereocenters. The van der Waals surface area contributed by atoms with E-state index in [2.05, 4.69) is 15.9 Å². The molecule has 3 rings (SSSR count). The molecule has 2 aromatic rings. The summed E-state index contributed by atoms with van der Waals surface area (Å²) in [6.45, 7) is 0.533. The molecule has 5 nitrogen and oxygen atoms in total. The first kappa shape index (κ1) is 19.5. The van der Waals surface area contributed by atoms with Crippen molar-refractivity contribution in [3.05, 3.63) is 52.3 Å². The Balaban J connectivity index is 1.75. The Bertz CT molecular complexity index is 830. The monoisotopic (exact) mass is 437 g/mol. The van der Waals surface area contributed by atoms with Crippen LogP contribution in [-0.2, 0) is 4.79 Å². The van der Waals surface area contributed by atoms with E-state index in [0.29, 0.717) is 16.8 Å². The van der Waals surface area contributed by atoms with Crippen LogP contribution in [0.2, 0.25) is 0 Å². The van der Waals surface area contributed by atoms with Crippen molar-refractivity contribution < 1.29 is 23.4 Å². The fraction of sp³-hybridized carbons (Fsp3) is 0.350. The zero-order chi connectivity index (χ0) is 19.4. The third-order valence-electron chi connectivity index (χ3n) is 4.61. The predicted molar refractivity (Wildman–Crippen MR) is 103 cm³/mol. The predicted octanol–water partition coefficient (Wildman–Crippen LogP) is 4.35. The minimum atomic E-state index is -0.370. The second-order valence-electron chi connectivity index (χ2n) is 6.22. The molecule has 1 aliphatic rings. The van der Waals surface area contributed by atoms with Gasteiger partial charge in [0.05, 0.1) is 24.7 Å². The van der Waals surface area contributed by atoms with E-state index in [4.69, 9.17) is 14.2 Å². The number of carbonyl (C=O) groups is 1. The highest BCUT2D eigenvalue weighted by Gasteiger charge is 2.32. The summed E-state index contributed by atoms with van der Waals surface area (Å²) in [5, 5.41) is 0. The molecular formula is C20H21BrFNO4. The van der Waals surface area contributed by atoms with Crippen molar-refractivity contribution in [2.24, 2.45) is 0 Å². The molecule has 0 saturated carbocycles. The number of hydrogen-bond donors (Lipinski definition) is 0. The average molecular weight is 438 g/mol. The van der Waals surface area contributed by atoms with Gasteiger partial charge in [-0.2, -0.15) is 0 Å². The summed E-state index contributed by atoms with van der Waals surface area (Å²) in [5.41, 5.74) is 0.922. The van der Waals surface area contributed by atoms with Gasteiger partial charge in [0.25, 0.3) is 5.91 Å². The van der Waals surface area contributed by atoms with E-state index < -0.39 is 0 Å². The number of halogens is 2. The maximum atomic E-state index is 13.2. The Morgan fingerprint density at radius 2 is 1.96 bits per heavy atom. The fourth-order valence-corrected chi connectivity index (χ4v) is 3.77. The van der Waals surface area contributed by atoms with Crippen LogP contribution >= 0.6 is 15.9 Å². The van der Waals surface area contributed by atoms with Gasteiger partial charge in [-0.15, -0.1) is 0 Å². The second-order valence-corrected chi connectivity index (χ2v) is 7.07. The van der Waals surface area contributed by atoms with E-state index in [-0.39, 0.29) is 24.4 Å². The summed E-state index contributed by atoms with van der Waals surface area (Å²) in [5.74, 6) is 1.38. The molecule has 0 aliphatic carbocycles. The molecule has 1 saturated heterocycles. The molecule has 27 heavy (non-hydrogen) atoms. The summed E-state index contributed by atoms with van der Waals surface area (Å²) in [6.07, 6.45) is 1.74. The van der Waals surface area contributed by atoms with Gasteiger partial charge in [0.15, 0.2) is 6.61 Å². The number of hydrogen-bond acceptors (Lipinski definition) is 4. The van der Waals surface area contributed by atoms with Crippen molar-refractivity contribution in [3.8, 4) is 17.2 Å². The van der Waals surface area contributed by atoms with E-state index in [1.807, 2.05) is 18.2 Å². The number of ether oxygens (including phenoxy) is 3. The van der Waals surface area contributed by atoms with Crippen LogP contribution in [0, 0.1) is 5.82 Å². The molecule has 0 N–H and O–H groups in total. The van der Waals surface area contributed by atoms with Crippen LogP contribution in [0.4, 0.5) is 4.39 Å². The van der Waals surface area contributed by atoms with Crippen molar-refractivity contribution in [3.63, 3.8) is 0 Å². The van der Waals surface area contributed by atoms with Gasteiger partial charge < -0.3 is 19.1 Å². The lowest BCUT2D eigenvalue weighted by atomic mass is 10.0. The van der Waals surface area contributed by atoms with Crippen molar-refractivity contribution in [1.82, 2.24) is 4.90 Å². The fourth-order valence-electron chi connectivity index (χ4n) is 3.30. The molecule has 1 aliphatic heterocycles. The van der Waals surface area contributed by atoms with E-state index >= 15 is 0 Å².